The molecule has 5 nitrogen and oxygen atoms in total. The minimum Gasteiger partial charge on any atom is -0.494 e. The third-order valence-corrected chi connectivity index (χ3v) is 5.86. The van der Waals surface area contributed by atoms with Crippen molar-refractivity contribution in [2.75, 3.05) is 11.5 Å². The minimum atomic E-state index is -0.453. The molecular weight excluding hydrogens is 379 g/mol. The molecule has 3 amide bonds. The number of benzene rings is 2. The number of fused-ring (bicyclic) bond motifs is 1. The molecule has 4 rings (SSSR count). The SMILES string of the molecule is CCOc1ccc(N2C(=O)C3SC=CC3N(Cc3ccccc3F)C2=O)cc1. The number of imide groups is 1. The Hall–Kier alpha value is -2.80. The molecule has 28 heavy (non-hydrogen) atoms. The molecule has 0 bridgehead atoms. The van der Waals surface area contributed by atoms with Crippen molar-refractivity contribution in [2.24, 2.45) is 0 Å². The average molecular weight is 398 g/mol. The third-order valence-electron chi connectivity index (χ3n) is 4.78. The normalized spacial score (nSPS) is 21.2. The first-order valence-electron chi connectivity index (χ1n) is 9.03. The molecule has 1 fully saturated rings. The van der Waals surface area contributed by atoms with Crippen molar-refractivity contribution in [3.05, 3.63) is 71.4 Å². The van der Waals surface area contributed by atoms with Gasteiger partial charge in [-0.05, 0) is 42.7 Å². The van der Waals surface area contributed by atoms with Gasteiger partial charge >= 0.3 is 6.03 Å². The lowest BCUT2D eigenvalue weighted by atomic mass is 10.1. The largest absolute Gasteiger partial charge is 0.494 e. The molecule has 0 N–H and O–H groups in total. The van der Waals surface area contributed by atoms with Crippen molar-refractivity contribution in [2.45, 2.75) is 24.8 Å². The van der Waals surface area contributed by atoms with Gasteiger partial charge in [-0.25, -0.2) is 14.1 Å². The second-order valence-corrected chi connectivity index (χ2v) is 7.53. The lowest BCUT2D eigenvalue weighted by molar-refractivity contribution is -0.119. The molecule has 0 saturated carbocycles. The van der Waals surface area contributed by atoms with Crippen molar-refractivity contribution in [1.29, 1.82) is 0 Å². The summed E-state index contributed by atoms with van der Waals surface area (Å²) in [5, 5.41) is 1.40. The standard InChI is InChI=1S/C21H19FN2O3S/c1-2-27-16-9-7-15(8-10-16)24-20(25)19-18(11-12-28-19)23(21(24)26)13-14-5-3-4-6-17(14)22/h3-12,18-19H,2,13H2,1H3. The Labute approximate surface area is 166 Å². The second-order valence-electron chi connectivity index (χ2n) is 6.48. The van der Waals surface area contributed by atoms with Crippen LogP contribution in [-0.4, -0.2) is 34.7 Å². The summed E-state index contributed by atoms with van der Waals surface area (Å²) in [6, 6.07) is 12.4. The predicted molar refractivity (Wildman–Crippen MR) is 107 cm³/mol. The molecule has 2 heterocycles. The van der Waals surface area contributed by atoms with E-state index in [-0.39, 0.29) is 24.3 Å². The fourth-order valence-corrected chi connectivity index (χ4v) is 4.46. The molecule has 2 unspecified atom stereocenters. The number of thioether (sulfide) groups is 1. The molecule has 1 saturated heterocycles. The van der Waals surface area contributed by atoms with Gasteiger partial charge in [0.2, 0.25) is 0 Å². The predicted octanol–water partition coefficient (Wildman–Crippen LogP) is 4.19. The summed E-state index contributed by atoms with van der Waals surface area (Å²) in [7, 11) is 0. The Kier molecular flexibility index (Phi) is 5.09. The van der Waals surface area contributed by atoms with E-state index in [2.05, 4.69) is 0 Å². The van der Waals surface area contributed by atoms with Crippen molar-refractivity contribution >= 4 is 29.4 Å². The third kappa shape index (κ3) is 3.26. The van der Waals surface area contributed by atoms with Crippen LogP contribution in [0.1, 0.15) is 12.5 Å². The molecule has 0 aromatic heterocycles. The maximum Gasteiger partial charge on any atom is 0.332 e. The van der Waals surface area contributed by atoms with Crippen LogP contribution in [0, 0.1) is 5.82 Å². The van der Waals surface area contributed by atoms with E-state index in [4.69, 9.17) is 4.74 Å². The average Bonchev–Trinajstić information content (AvgIpc) is 3.18. The number of carbonyl (C=O) groups is 2. The van der Waals surface area contributed by atoms with Gasteiger partial charge in [-0.15, -0.1) is 11.8 Å². The Morgan fingerprint density at radius 1 is 1.11 bits per heavy atom. The first-order chi connectivity index (χ1) is 13.6. The summed E-state index contributed by atoms with van der Waals surface area (Å²) in [4.78, 5) is 29.0. The highest BCUT2D eigenvalue weighted by Gasteiger charge is 2.47. The van der Waals surface area contributed by atoms with Crippen LogP contribution in [-0.2, 0) is 11.3 Å². The van der Waals surface area contributed by atoms with E-state index in [0.29, 0.717) is 23.6 Å². The van der Waals surface area contributed by atoms with Crippen molar-refractivity contribution < 1.29 is 18.7 Å². The Balaban J connectivity index is 1.67. The van der Waals surface area contributed by atoms with Gasteiger partial charge in [-0.3, -0.25) is 4.79 Å². The number of hydrogen-bond donors (Lipinski definition) is 0. The van der Waals surface area contributed by atoms with Crippen molar-refractivity contribution in [3.63, 3.8) is 0 Å². The monoisotopic (exact) mass is 398 g/mol. The molecule has 2 aromatic carbocycles. The van der Waals surface area contributed by atoms with E-state index in [1.54, 1.807) is 47.4 Å². The van der Waals surface area contributed by atoms with Crippen LogP contribution in [0.15, 0.2) is 60.0 Å². The van der Waals surface area contributed by atoms with Gasteiger partial charge in [-0.2, -0.15) is 0 Å². The van der Waals surface area contributed by atoms with E-state index >= 15 is 0 Å². The maximum atomic E-state index is 14.2. The van der Waals surface area contributed by atoms with E-state index in [1.165, 1.54) is 22.7 Å². The summed E-state index contributed by atoms with van der Waals surface area (Å²) in [5.74, 6) is 0.0334. The zero-order valence-corrected chi connectivity index (χ0v) is 16.1. The van der Waals surface area contributed by atoms with Gasteiger partial charge in [-0.1, -0.05) is 24.3 Å². The van der Waals surface area contributed by atoms with Gasteiger partial charge in [0.15, 0.2) is 0 Å². The van der Waals surface area contributed by atoms with E-state index in [9.17, 15) is 14.0 Å². The van der Waals surface area contributed by atoms with Crippen LogP contribution in [0.4, 0.5) is 14.9 Å². The fraction of sp³-hybridized carbons (Fsp3) is 0.238. The number of rotatable bonds is 5. The van der Waals surface area contributed by atoms with E-state index < -0.39 is 11.3 Å². The zero-order valence-electron chi connectivity index (χ0n) is 15.2. The molecule has 0 radical (unpaired) electrons. The second kappa shape index (κ2) is 7.67. The Morgan fingerprint density at radius 3 is 2.57 bits per heavy atom. The molecule has 2 aliphatic rings. The number of urea groups is 1. The minimum absolute atomic E-state index is 0.0956. The van der Waals surface area contributed by atoms with Gasteiger partial charge < -0.3 is 9.64 Å². The van der Waals surface area contributed by atoms with Gasteiger partial charge in [0.05, 0.1) is 24.9 Å². The molecular formula is C21H19FN2O3S. The lowest BCUT2D eigenvalue weighted by Crippen LogP contribution is -2.61. The van der Waals surface area contributed by atoms with Crippen LogP contribution < -0.4 is 9.64 Å². The van der Waals surface area contributed by atoms with Crippen molar-refractivity contribution in [1.82, 2.24) is 4.90 Å². The topological polar surface area (TPSA) is 49.9 Å². The summed E-state index contributed by atoms with van der Waals surface area (Å²) in [5.41, 5.74) is 0.892. The number of hydrogen-bond acceptors (Lipinski definition) is 4. The summed E-state index contributed by atoms with van der Waals surface area (Å²) < 4.78 is 19.6. The summed E-state index contributed by atoms with van der Waals surface area (Å²) >= 11 is 1.38. The highest BCUT2D eigenvalue weighted by atomic mass is 32.2. The molecule has 2 atom stereocenters. The number of nitrogens with zero attached hydrogens (tertiary/aromatic N) is 2. The first-order valence-corrected chi connectivity index (χ1v) is 9.97. The molecule has 2 aromatic rings. The van der Waals surface area contributed by atoms with Crippen LogP contribution >= 0.6 is 11.8 Å². The number of ether oxygens (including phenoxy) is 1. The number of halogens is 1. The molecule has 0 spiro atoms. The van der Waals surface area contributed by atoms with Crippen molar-refractivity contribution in [3.8, 4) is 5.75 Å². The molecule has 0 aliphatic carbocycles. The van der Waals surface area contributed by atoms with Crippen LogP contribution in [0.25, 0.3) is 0 Å². The fourth-order valence-electron chi connectivity index (χ4n) is 3.42. The van der Waals surface area contributed by atoms with Crippen LogP contribution in [0.2, 0.25) is 0 Å². The van der Waals surface area contributed by atoms with E-state index in [1.807, 2.05) is 18.4 Å². The maximum absolute atomic E-state index is 14.2. The number of amides is 3. The van der Waals surface area contributed by atoms with Gasteiger partial charge in [0, 0.05) is 5.56 Å². The molecule has 7 heteroatoms. The zero-order chi connectivity index (χ0) is 19.7. The van der Waals surface area contributed by atoms with Crippen LogP contribution in [0.3, 0.4) is 0 Å². The summed E-state index contributed by atoms with van der Waals surface area (Å²) in [6.45, 7) is 2.51. The highest BCUT2D eigenvalue weighted by Crippen LogP contribution is 2.37. The Morgan fingerprint density at radius 2 is 1.86 bits per heavy atom. The van der Waals surface area contributed by atoms with E-state index in [0.717, 1.165) is 0 Å². The number of carbonyl (C=O) groups excluding carboxylic acids is 2. The smallest absolute Gasteiger partial charge is 0.332 e. The Bertz CT molecular complexity index is 932. The quantitative estimate of drug-likeness (QED) is 0.758. The van der Waals surface area contributed by atoms with Gasteiger partial charge in [0.1, 0.15) is 16.8 Å². The highest BCUT2D eigenvalue weighted by molar-refractivity contribution is 8.03. The first kappa shape index (κ1) is 18.6. The van der Waals surface area contributed by atoms with Gasteiger partial charge in [0.25, 0.3) is 5.91 Å². The summed E-state index contributed by atoms with van der Waals surface area (Å²) in [6.07, 6.45) is 1.83. The molecule has 2 aliphatic heterocycles. The number of anilines is 1. The van der Waals surface area contributed by atoms with Crippen LogP contribution in [0.5, 0.6) is 5.75 Å². The molecule has 144 valence electrons. The lowest BCUT2D eigenvalue weighted by Gasteiger charge is -2.41.